The summed E-state index contributed by atoms with van der Waals surface area (Å²) < 4.78 is 31.7. The van der Waals surface area contributed by atoms with E-state index in [1.807, 2.05) is 4.72 Å². The molecule has 0 aliphatic carbocycles. The number of anilines is 1. The van der Waals surface area contributed by atoms with E-state index in [0.29, 0.717) is 22.6 Å². The molecule has 0 saturated heterocycles. The van der Waals surface area contributed by atoms with Crippen molar-refractivity contribution < 1.29 is 17.6 Å². The number of nitrogens with zero attached hydrogens (tertiary/aromatic N) is 2. The van der Waals surface area contributed by atoms with E-state index in [9.17, 15) is 13.2 Å². The van der Waals surface area contributed by atoms with Crippen molar-refractivity contribution in [1.29, 1.82) is 0 Å². The summed E-state index contributed by atoms with van der Waals surface area (Å²) in [7, 11) is -4.13. The van der Waals surface area contributed by atoms with Crippen LogP contribution in [0.4, 0.5) is 10.7 Å². The quantitative estimate of drug-likeness (QED) is 0.721. The van der Waals surface area contributed by atoms with Crippen molar-refractivity contribution in [3.63, 3.8) is 0 Å². The first-order valence-corrected chi connectivity index (χ1v) is 8.95. The second kappa shape index (κ2) is 6.34. The fourth-order valence-electron chi connectivity index (χ4n) is 2.21. The number of aryl methyl sites for hydroxylation is 2. The third-order valence-corrected chi connectivity index (χ3v) is 5.12. The van der Waals surface area contributed by atoms with Crippen LogP contribution < -0.4 is 10.0 Å². The second-order valence-corrected chi connectivity index (χ2v) is 7.26. The van der Waals surface area contributed by atoms with E-state index in [0.717, 1.165) is 0 Å². The summed E-state index contributed by atoms with van der Waals surface area (Å²) in [6.45, 7) is 3.49. The second-order valence-electron chi connectivity index (χ2n) is 5.20. The molecule has 0 saturated carbocycles. The Bertz CT molecular complexity index is 1080. The van der Waals surface area contributed by atoms with Gasteiger partial charge in [-0.3, -0.25) is 5.32 Å². The minimum Gasteiger partial charge on any atom is -0.443 e. The molecular weight excluding hydrogens is 368 g/mol. The van der Waals surface area contributed by atoms with Crippen LogP contribution in [-0.4, -0.2) is 24.4 Å². The van der Waals surface area contributed by atoms with Crippen molar-refractivity contribution in [2.75, 3.05) is 5.32 Å². The number of carbonyl (C=O) groups is 1. The summed E-state index contributed by atoms with van der Waals surface area (Å²) in [4.78, 5) is 20.0. The van der Waals surface area contributed by atoms with Gasteiger partial charge in [-0.05, 0) is 32.0 Å². The van der Waals surface area contributed by atoms with Gasteiger partial charge in [0.25, 0.3) is 10.0 Å². The lowest BCUT2D eigenvalue weighted by Gasteiger charge is -2.09. The monoisotopic (exact) mass is 380 g/mol. The Labute approximate surface area is 148 Å². The zero-order valence-electron chi connectivity index (χ0n) is 13.2. The van der Waals surface area contributed by atoms with Crippen molar-refractivity contribution in [2.24, 2.45) is 0 Å². The lowest BCUT2D eigenvalue weighted by atomic mass is 10.3. The third kappa shape index (κ3) is 3.57. The van der Waals surface area contributed by atoms with Crippen LogP contribution in [0.5, 0.6) is 0 Å². The van der Waals surface area contributed by atoms with Gasteiger partial charge in [0.15, 0.2) is 0 Å². The molecule has 0 fully saturated rings. The van der Waals surface area contributed by atoms with Crippen LogP contribution in [0.3, 0.4) is 0 Å². The summed E-state index contributed by atoms with van der Waals surface area (Å²) in [5.41, 5.74) is 0.889. The van der Waals surface area contributed by atoms with Gasteiger partial charge in [-0.1, -0.05) is 23.7 Å². The molecule has 1 aromatic carbocycles. The topological polar surface area (TPSA) is 114 Å². The maximum atomic E-state index is 12.2. The highest BCUT2D eigenvalue weighted by Crippen LogP contribution is 2.22. The molecule has 8 nitrogen and oxygen atoms in total. The number of nitrogens with one attached hydrogen (secondary N) is 2. The number of sulfonamides is 1. The van der Waals surface area contributed by atoms with Crippen LogP contribution in [0.25, 0.3) is 11.1 Å². The standard InChI is InChI=1S/C15H13ClN4O4S/c1-8-7-10-9(2)17-14(18-13(10)24-8)19-15(21)20-25(22,23)12-6-4-3-5-11(12)16/h3-7H,1-2H3,(H2,17,18,19,20,21). The Kier molecular flexibility index (Phi) is 4.36. The van der Waals surface area contributed by atoms with Crippen molar-refractivity contribution >= 4 is 44.7 Å². The van der Waals surface area contributed by atoms with E-state index in [4.69, 9.17) is 16.0 Å². The predicted molar refractivity (Wildman–Crippen MR) is 92.1 cm³/mol. The van der Waals surface area contributed by atoms with E-state index < -0.39 is 16.1 Å². The lowest BCUT2D eigenvalue weighted by molar-refractivity contribution is 0.256. The van der Waals surface area contributed by atoms with Gasteiger partial charge in [0, 0.05) is 0 Å². The molecule has 2 N–H and O–H groups in total. The molecule has 3 rings (SSSR count). The Morgan fingerprint density at radius 3 is 2.64 bits per heavy atom. The van der Waals surface area contributed by atoms with Gasteiger partial charge in [-0.15, -0.1) is 0 Å². The van der Waals surface area contributed by atoms with E-state index in [1.54, 1.807) is 26.0 Å². The van der Waals surface area contributed by atoms with Gasteiger partial charge in [-0.2, -0.15) is 4.98 Å². The van der Waals surface area contributed by atoms with Crippen molar-refractivity contribution in [3.05, 3.63) is 46.8 Å². The maximum Gasteiger partial charge on any atom is 0.335 e. The average molecular weight is 381 g/mol. The first kappa shape index (κ1) is 17.2. The Morgan fingerprint density at radius 1 is 1.20 bits per heavy atom. The molecule has 2 aromatic heterocycles. The third-order valence-electron chi connectivity index (χ3n) is 3.29. The number of fused-ring (bicyclic) bond motifs is 1. The number of rotatable bonds is 3. The molecule has 3 aromatic rings. The summed E-state index contributed by atoms with van der Waals surface area (Å²) in [6.07, 6.45) is 0. The van der Waals surface area contributed by atoms with E-state index in [1.165, 1.54) is 18.2 Å². The molecule has 0 radical (unpaired) electrons. The van der Waals surface area contributed by atoms with Gasteiger partial charge in [0.1, 0.15) is 10.7 Å². The molecule has 2 heterocycles. The van der Waals surface area contributed by atoms with E-state index in [-0.39, 0.29) is 15.9 Å². The number of benzene rings is 1. The van der Waals surface area contributed by atoms with E-state index in [2.05, 4.69) is 15.3 Å². The fraction of sp³-hybridized carbons (Fsp3) is 0.133. The zero-order chi connectivity index (χ0) is 18.2. The van der Waals surface area contributed by atoms with Gasteiger partial charge in [0.2, 0.25) is 11.7 Å². The van der Waals surface area contributed by atoms with Crippen LogP contribution in [0.1, 0.15) is 11.5 Å². The van der Waals surface area contributed by atoms with E-state index >= 15 is 0 Å². The first-order valence-electron chi connectivity index (χ1n) is 7.09. The number of urea groups is 1. The summed E-state index contributed by atoms with van der Waals surface area (Å²) in [5, 5.41) is 2.99. The van der Waals surface area contributed by atoms with Crippen molar-refractivity contribution in [3.8, 4) is 0 Å². The number of hydrogen-bond acceptors (Lipinski definition) is 6. The molecule has 0 spiro atoms. The number of carbonyl (C=O) groups excluding carboxylic acids is 1. The summed E-state index contributed by atoms with van der Waals surface area (Å²) in [6, 6.07) is 6.54. The molecule has 0 unspecified atom stereocenters. The number of furan rings is 1. The summed E-state index contributed by atoms with van der Waals surface area (Å²) >= 11 is 5.85. The SMILES string of the molecule is Cc1cc2c(C)nc(NC(=O)NS(=O)(=O)c3ccccc3Cl)nc2o1. The number of amides is 2. The van der Waals surface area contributed by atoms with Crippen LogP contribution in [0.2, 0.25) is 5.02 Å². The molecule has 130 valence electrons. The maximum absolute atomic E-state index is 12.2. The molecular formula is C15H13ClN4O4S. The van der Waals surface area contributed by atoms with Gasteiger partial charge in [-0.25, -0.2) is 22.9 Å². The van der Waals surface area contributed by atoms with Gasteiger partial charge < -0.3 is 4.42 Å². The molecule has 0 bridgehead atoms. The highest BCUT2D eigenvalue weighted by atomic mass is 35.5. The number of halogens is 1. The Hall–Kier alpha value is -2.65. The normalized spacial score (nSPS) is 11.5. The lowest BCUT2D eigenvalue weighted by Crippen LogP contribution is -2.35. The van der Waals surface area contributed by atoms with Crippen molar-refractivity contribution in [1.82, 2.24) is 14.7 Å². The van der Waals surface area contributed by atoms with Gasteiger partial charge >= 0.3 is 6.03 Å². The Morgan fingerprint density at radius 2 is 1.92 bits per heavy atom. The fourth-order valence-corrected chi connectivity index (χ4v) is 3.64. The smallest absolute Gasteiger partial charge is 0.335 e. The van der Waals surface area contributed by atoms with Crippen LogP contribution >= 0.6 is 11.6 Å². The molecule has 10 heteroatoms. The summed E-state index contributed by atoms with van der Waals surface area (Å²) in [5.74, 6) is 0.571. The minimum absolute atomic E-state index is 0.00220. The first-order chi connectivity index (χ1) is 11.8. The number of hydrogen-bond donors (Lipinski definition) is 2. The molecule has 0 atom stereocenters. The highest BCUT2D eigenvalue weighted by molar-refractivity contribution is 7.90. The molecule has 0 aliphatic rings. The van der Waals surface area contributed by atoms with Crippen molar-refractivity contribution in [2.45, 2.75) is 18.7 Å². The van der Waals surface area contributed by atoms with Gasteiger partial charge in [0.05, 0.1) is 16.1 Å². The highest BCUT2D eigenvalue weighted by Gasteiger charge is 2.21. The minimum atomic E-state index is -4.13. The predicted octanol–water partition coefficient (Wildman–Crippen LogP) is 3.00. The Balaban J connectivity index is 1.82. The molecule has 2 amide bonds. The van der Waals surface area contributed by atoms with Crippen LogP contribution in [-0.2, 0) is 10.0 Å². The number of aromatic nitrogens is 2. The van der Waals surface area contributed by atoms with Crippen LogP contribution in [0.15, 0.2) is 39.6 Å². The largest absolute Gasteiger partial charge is 0.443 e. The molecule has 25 heavy (non-hydrogen) atoms. The average Bonchev–Trinajstić information content (AvgIpc) is 2.87. The van der Waals surface area contributed by atoms with Crippen LogP contribution in [0, 0.1) is 13.8 Å². The zero-order valence-corrected chi connectivity index (χ0v) is 14.8. The molecule has 0 aliphatic heterocycles.